The van der Waals surface area contributed by atoms with Crippen LogP contribution in [-0.4, -0.2) is 13.0 Å². The molecule has 3 nitrogen and oxygen atoms in total. The summed E-state index contributed by atoms with van der Waals surface area (Å²) >= 11 is 12.0. The second-order valence-electron chi connectivity index (χ2n) is 5.27. The van der Waals surface area contributed by atoms with Gasteiger partial charge in [0.1, 0.15) is 5.75 Å². The Morgan fingerprint density at radius 3 is 2.65 bits per heavy atom. The first-order valence-electron chi connectivity index (χ1n) is 7.37. The zero-order valence-electron chi connectivity index (χ0n) is 13.1. The van der Waals surface area contributed by atoms with Gasteiger partial charge in [-0.2, -0.15) is 0 Å². The lowest BCUT2D eigenvalue weighted by Gasteiger charge is -2.17. The number of methoxy groups -OCH3 is 1. The normalized spacial score (nSPS) is 11.8. The molecule has 0 radical (unpaired) electrons. The van der Waals surface area contributed by atoms with Gasteiger partial charge >= 0.3 is 0 Å². The number of hydrogen-bond acceptors (Lipinski definition) is 2. The van der Waals surface area contributed by atoms with Crippen molar-refractivity contribution in [2.75, 3.05) is 7.11 Å². The third kappa shape index (κ3) is 4.88. The van der Waals surface area contributed by atoms with Crippen molar-refractivity contribution in [1.29, 1.82) is 0 Å². The number of amides is 1. The maximum atomic E-state index is 12.2. The number of carbonyl (C=O) groups is 1. The second-order valence-corrected chi connectivity index (χ2v) is 6.11. The van der Waals surface area contributed by atoms with E-state index in [0.717, 1.165) is 16.9 Å². The summed E-state index contributed by atoms with van der Waals surface area (Å²) in [7, 11) is 1.62. The summed E-state index contributed by atoms with van der Waals surface area (Å²) in [6.07, 6.45) is 0.932. The Bertz CT molecular complexity index is 688. The molecule has 0 saturated carbocycles. The number of ether oxygens (including phenoxy) is 1. The Labute approximate surface area is 146 Å². The zero-order valence-corrected chi connectivity index (χ0v) is 14.6. The Morgan fingerprint density at radius 2 is 1.96 bits per heavy atom. The van der Waals surface area contributed by atoms with E-state index < -0.39 is 0 Å². The predicted octanol–water partition coefficient (Wildman–Crippen LogP) is 4.81. The van der Waals surface area contributed by atoms with Crippen LogP contribution >= 0.6 is 23.2 Å². The zero-order chi connectivity index (χ0) is 16.8. The molecule has 1 N–H and O–H groups in total. The van der Waals surface area contributed by atoms with Crippen LogP contribution in [0.4, 0.5) is 0 Å². The van der Waals surface area contributed by atoms with Crippen LogP contribution in [0.15, 0.2) is 42.5 Å². The largest absolute Gasteiger partial charge is 0.496 e. The van der Waals surface area contributed by atoms with Crippen molar-refractivity contribution in [3.05, 3.63) is 63.6 Å². The molecule has 0 bridgehead atoms. The Morgan fingerprint density at radius 1 is 1.22 bits per heavy atom. The first-order chi connectivity index (χ1) is 11.0. The lowest BCUT2D eigenvalue weighted by molar-refractivity contribution is -0.121. The number of hydrogen-bond donors (Lipinski definition) is 1. The SMILES string of the molecule is COc1ccccc1[C@H](C)NC(=O)CCc1ccc(Cl)cc1Cl. The monoisotopic (exact) mass is 351 g/mol. The second kappa shape index (κ2) is 8.23. The van der Waals surface area contributed by atoms with Crippen LogP contribution in [0.25, 0.3) is 0 Å². The van der Waals surface area contributed by atoms with Gasteiger partial charge in [0.25, 0.3) is 0 Å². The van der Waals surface area contributed by atoms with Gasteiger partial charge in [0.05, 0.1) is 13.2 Å². The average Bonchev–Trinajstić information content (AvgIpc) is 2.54. The first-order valence-corrected chi connectivity index (χ1v) is 8.13. The molecule has 0 heterocycles. The van der Waals surface area contributed by atoms with Crippen molar-refractivity contribution in [2.24, 2.45) is 0 Å². The van der Waals surface area contributed by atoms with Crippen LogP contribution in [0, 0.1) is 0 Å². The molecule has 1 atom stereocenters. The van der Waals surface area contributed by atoms with Crippen molar-refractivity contribution in [3.63, 3.8) is 0 Å². The summed E-state index contributed by atoms with van der Waals surface area (Å²) in [6.45, 7) is 1.94. The van der Waals surface area contributed by atoms with Gasteiger partial charge in [-0.05, 0) is 37.1 Å². The summed E-state index contributed by atoms with van der Waals surface area (Å²) in [5, 5.41) is 4.16. The molecule has 0 aromatic heterocycles. The Balaban J connectivity index is 1.94. The molecule has 2 aromatic carbocycles. The van der Waals surface area contributed by atoms with Crippen LogP contribution in [0.1, 0.15) is 30.5 Å². The minimum Gasteiger partial charge on any atom is -0.496 e. The Hall–Kier alpha value is -1.71. The van der Waals surface area contributed by atoms with E-state index in [-0.39, 0.29) is 11.9 Å². The fourth-order valence-electron chi connectivity index (χ4n) is 2.39. The molecular weight excluding hydrogens is 333 g/mol. The molecule has 122 valence electrons. The van der Waals surface area contributed by atoms with Crippen LogP contribution < -0.4 is 10.1 Å². The molecule has 0 aliphatic rings. The number of nitrogens with one attached hydrogen (secondary N) is 1. The predicted molar refractivity (Wildman–Crippen MR) is 94.3 cm³/mol. The Kier molecular flexibility index (Phi) is 6.31. The third-order valence-corrected chi connectivity index (χ3v) is 4.21. The van der Waals surface area contributed by atoms with Crippen molar-refractivity contribution in [3.8, 4) is 5.75 Å². The van der Waals surface area contributed by atoms with E-state index in [1.54, 1.807) is 19.2 Å². The van der Waals surface area contributed by atoms with Gasteiger partial charge in [0.15, 0.2) is 0 Å². The van der Waals surface area contributed by atoms with Gasteiger partial charge in [0.2, 0.25) is 5.91 Å². The molecule has 0 aliphatic carbocycles. The number of benzene rings is 2. The van der Waals surface area contributed by atoms with Crippen molar-refractivity contribution < 1.29 is 9.53 Å². The van der Waals surface area contributed by atoms with Gasteiger partial charge in [0, 0.05) is 22.0 Å². The highest BCUT2D eigenvalue weighted by atomic mass is 35.5. The minimum atomic E-state index is -0.126. The van der Waals surface area contributed by atoms with Crippen molar-refractivity contribution >= 4 is 29.1 Å². The van der Waals surface area contributed by atoms with E-state index in [4.69, 9.17) is 27.9 Å². The van der Waals surface area contributed by atoms with Gasteiger partial charge in [-0.25, -0.2) is 0 Å². The molecule has 0 fully saturated rings. The van der Waals surface area contributed by atoms with Crippen molar-refractivity contribution in [2.45, 2.75) is 25.8 Å². The average molecular weight is 352 g/mol. The summed E-state index contributed by atoms with van der Waals surface area (Å²) in [5.41, 5.74) is 1.86. The molecule has 0 saturated heterocycles. The quantitative estimate of drug-likeness (QED) is 0.810. The number of para-hydroxylation sites is 1. The van der Waals surface area contributed by atoms with E-state index in [9.17, 15) is 4.79 Å². The fraction of sp³-hybridized carbons (Fsp3) is 0.278. The van der Waals surface area contributed by atoms with Gasteiger partial charge in [-0.3, -0.25) is 4.79 Å². The topological polar surface area (TPSA) is 38.3 Å². The molecule has 0 aliphatic heterocycles. The molecule has 2 rings (SSSR count). The number of halogens is 2. The molecule has 2 aromatic rings. The number of aryl methyl sites for hydroxylation is 1. The van der Waals surface area contributed by atoms with Crippen LogP contribution in [0.5, 0.6) is 5.75 Å². The van der Waals surface area contributed by atoms with Gasteiger partial charge in [-0.1, -0.05) is 47.5 Å². The third-order valence-electron chi connectivity index (χ3n) is 3.62. The van der Waals surface area contributed by atoms with E-state index in [2.05, 4.69) is 5.32 Å². The molecular formula is C18H19Cl2NO2. The molecule has 23 heavy (non-hydrogen) atoms. The number of carbonyl (C=O) groups excluding carboxylic acids is 1. The first kappa shape index (κ1) is 17.6. The van der Waals surface area contributed by atoms with Crippen molar-refractivity contribution in [1.82, 2.24) is 5.32 Å². The molecule has 0 spiro atoms. The standard InChI is InChI=1S/C18H19Cl2NO2/c1-12(15-5-3-4-6-17(15)23-2)21-18(22)10-8-13-7-9-14(19)11-16(13)20/h3-7,9,11-12H,8,10H2,1-2H3,(H,21,22)/t12-/m0/s1. The summed E-state index contributed by atoms with van der Waals surface area (Å²) in [4.78, 5) is 12.2. The van der Waals surface area contributed by atoms with Gasteiger partial charge < -0.3 is 10.1 Å². The fourth-order valence-corrected chi connectivity index (χ4v) is 2.89. The van der Waals surface area contributed by atoms with E-state index in [1.807, 2.05) is 37.3 Å². The lowest BCUT2D eigenvalue weighted by atomic mass is 10.1. The highest BCUT2D eigenvalue weighted by Gasteiger charge is 2.14. The number of rotatable bonds is 6. The summed E-state index contributed by atoms with van der Waals surface area (Å²) in [5.74, 6) is 0.732. The van der Waals surface area contributed by atoms with E-state index >= 15 is 0 Å². The van der Waals surface area contributed by atoms with E-state index in [0.29, 0.717) is 22.9 Å². The van der Waals surface area contributed by atoms with E-state index in [1.165, 1.54) is 0 Å². The highest BCUT2D eigenvalue weighted by Crippen LogP contribution is 2.25. The maximum absolute atomic E-state index is 12.2. The molecule has 0 unspecified atom stereocenters. The maximum Gasteiger partial charge on any atom is 0.220 e. The van der Waals surface area contributed by atoms with Gasteiger partial charge in [-0.15, -0.1) is 0 Å². The lowest BCUT2D eigenvalue weighted by Crippen LogP contribution is -2.27. The molecule has 1 amide bonds. The summed E-state index contributed by atoms with van der Waals surface area (Å²) < 4.78 is 5.32. The smallest absolute Gasteiger partial charge is 0.220 e. The van der Waals surface area contributed by atoms with Crippen LogP contribution in [0.2, 0.25) is 10.0 Å². The molecule has 5 heteroatoms. The van der Waals surface area contributed by atoms with Crippen LogP contribution in [0.3, 0.4) is 0 Å². The summed E-state index contributed by atoms with van der Waals surface area (Å²) in [6, 6.07) is 12.8. The van der Waals surface area contributed by atoms with Crippen LogP contribution in [-0.2, 0) is 11.2 Å². The minimum absolute atomic E-state index is 0.0329. The highest BCUT2D eigenvalue weighted by molar-refractivity contribution is 6.35.